The molecule has 2 atom stereocenters. The summed E-state index contributed by atoms with van der Waals surface area (Å²) >= 11 is 13.2. The molecule has 2 aliphatic heterocycles. The Hall–Kier alpha value is -3.69. The van der Waals surface area contributed by atoms with Crippen molar-refractivity contribution in [2.45, 2.75) is 38.9 Å². The van der Waals surface area contributed by atoms with E-state index in [-0.39, 0.29) is 22.0 Å². The van der Waals surface area contributed by atoms with Gasteiger partial charge in [-0.15, -0.1) is 0 Å². The predicted octanol–water partition coefficient (Wildman–Crippen LogP) is 7.25. The van der Waals surface area contributed by atoms with Crippen LogP contribution in [0.3, 0.4) is 0 Å². The predicted molar refractivity (Wildman–Crippen MR) is 173 cm³/mol. The van der Waals surface area contributed by atoms with Gasteiger partial charge in [-0.3, -0.25) is 0 Å². The van der Waals surface area contributed by atoms with Gasteiger partial charge in [-0.25, -0.2) is 14.4 Å². The second-order valence-corrected chi connectivity index (χ2v) is 11.7. The minimum absolute atomic E-state index is 0.186. The van der Waals surface area contributed by atoms with Crippen LogP contribution >= 0.6 is 23.2 Å². The molecule has 0 unspecified atom stereocenters. The smallest absolute Gasteiger partial charge is 0.209 e. The molecule has 2 heterocycles. The van der Waals surface area contributed by atoms with Gasteiger partial charge in [-0.1, -0.05) is 55.2 Å². The summed E-state index contributed by atoms with van der Waals surface area (Å²) in [6.07, 6.45) is 0.446. The van der Waals surface area contributed by atoms with E-state index in [1.807, 2.05) is 30.3 Å². The van der Waals surface area contributed by atoms with E-state index < -0.39 is 11.9 Å². The van der Waals surface area contributed by atoms with Crippen LogP contribution in [0.1, 0.15) is 25.0 Å². The summed E-state index contributed by atoms with van der Waals surface area (Å²) in [6.45, 7) is 5.69. The number of nitrogens with zero attached hydrogens (tertiary/aromatic N) is 3. The summed E-state index contributed by atoms with van der Waals surface area (Å²) in [7, 11) is 6.43. The lowest BCUT2D eigenvalue weighted by molar-refractivity contribution is 0.302. The highest BCUT2D eigenvalue weighted by Crippen LogP contribution is 2.48. The Balaban J connectivity index is 1.62. The first-order chi connectivity index (χ1) is 21.2. The fourth-order valence-electron chi connectivity index (χ4n) is 5.68. The quantitative estimate of drug-likeness (QED) is 0.257. The molecule has 11 heteroatoms. The number of hydrogen-bond acceptors (Lipinski definition) is 8. The average Bonchev–Trinajstić information content (AvgIpc) is 3.01. The minimum Gasteiger partial charge on any atom is -0.493 e. The first-order valence-corrected chi connectivity index (χ1v) is 15.1. The third-order valence-corrected chi connectivity index (χ3v) is 8.38. The second-order valence-electron chi connectivity index (χ2n) is 10.9. The highest BCUT2D eigenvalue weighted by atomic mass is 35.5. The first-order valence-electron chi connectivity index (χ1n) is 14.3. The number of hydrogen-bond donors (Lipinski definition) is 0. The lowest BCUT2D eigenvalue weighted by Gasteiger charge is -2.35. The second kappa shape index (κ2) is 13.5. The van der Waals surface area contributed by atoms with Crippen molar-refractivity contribution in [3.8, 4) is 28.4 Å². The molecule has 0 spiro atoms. The molecule has 0 bridgehead atoms. The number of rotatable bonds is 8. The SMILES string of the molecule is COC1=N[C@H](C(C)C)C(OC)=N[C@H]1Cc1ccc(-c2c(Cl)cc(F)cc2Cl)c2c1OCCN2Cc1ccc(OC)c(OC)c1. The van der Waals surface area contributed by atoms with Crippen LogP contribution in [0.4, 0.5) is 10.1 Å². The van der Waals surface area contributed by atoms with Crippen LogP contribution in [0, 0.1) is 11.7 Å². The maximum Gasteiger partial charge on any atom is 0.209 e. The third kappa shape index (κ3) is 6.26. The molecule has 0 aromatic heterocycles. The largest absolute Gasteiger partial charge is 0.493 e. The Morgan fingerprint density at radius 1 is 0.909 bits per heavy atom. The van der Waals surface area contributed by atoms with Crippen molar-refractivity contribution in [1.82, 2.24) is 0 Å². The van der Waals surface area contributed by atoms with Crippen molar-refractivity contribution in [3.05, 3.63) is 69.5 Å². The molecule has 3 aromatic rings. The molecule has 3 aromatic carbocycles. The van der Waals surface area contributed by atoms with Gasteiger partial charge in [-0.2, -0.15) is 0 Å². The van der Waals surface area contributed by atoms with E-state index in [1.54, 1.807) is 28.4 Å². The number of halogens is 3. The number of anilines is 1. The topological polar surface area (TPSA) is 74.1 Å². The summed E-state index contributed by atoms with van der Waals surface area (Å²) < 4.78 is 42.9. The normalized spacial score (nSPS) is 17.8. The van der Waals surface area contributed by atoms with Crippen LogP contribution in [0.2, 0.25) is 10.0 Å². The van der Waals surface area contributed by atoms with E-state index in [2.05, 4.69) is 18.7 Å². The van der Waals surface area contributed by atoms with Gasteiger partial charge in [-0.05, 0) is 41.3 Å². The summed E-state index contributed by atoms with van der Waals surface area (Å²) in [5, 5.41) is 0.411. The van der Waals surface area contributed by atoms with E-state index >= 15 is 0 Å². The zero-order valence-electron chi connectivity index (χ0n) is 25.6. The Kier molecular flexibility index (Phi) is 9.75. The Morgan fingerprint density at radius 3 is 2.25 bits per heavy atom. The molecule has 0 radical (unpaired) electrons. The molecule has 2 aliphatic rings. The van der Waals surface area contributed by atoms with Crippen molar-refractivity contribution in [2.75, 3.05) is 46.5 Å². The Labute approximate surface area is 267 Å². The first kappa shape index (κ1) is 31.7. The molecule has 0 fully saturated rings. The van der Waals surface area contributed by atoms with Crippen LogP contribution in [0.25, 0.3) is 11.1 Å². The van der Waals surface area contributed by atoms with Crippen molar-refractivity contribution >= 4 is 40.7 Å². The van der Waals surface area contributed by atoms with E-state index in [4.69, 9.17) is 56.9 Å². The van der Waals surface area contributed by atoms with Gasteiger partial charge >= 0.3 is 0 Å². The molecular weight excluding hydrogens is 608 g/mol. The fraction of sp³-hybridized carbons (Fsp3) is 0.394. The van der Waals surface area contributed by atoms with Gasteiger partial charge < -0.3 is 28.6 Å². The van der Waals surface area contributed by atoms with Gasteiger partial charge in [0.1, 0.15) is 30.3 Å². The van der Waals surface area contributed by atoms with Crippen molar-refractivity contribution in [2.24, 2.45) is 15.9 Å². The minimum atomic E-state index is -0.511. The van der Waals surface area contributed by atoms with Crippen LogP contribution in [-0.2, 0) is 22.4 Å². The maximum absolute atomic E-state index is 14.2. The van der Waals surface area contributed by atoms with Gasteiger partial charge in [0.05, 0.1) is 50.7 Å². The zero-order valence-corrected chi connectivity index (χ0v) is 27.1. The molecule has 0 amide bonds. The molecule has 0 saturated carbocycles. The van der Waals surface area contributed by atoms with E-state index in [0.29, 0.717) is 60.7 Å². The van der Waals surface area contributed by atoms with Crippen LogP contribution in [0.15, 0.2) is 52.4 Å². The van der Waals surface area contributed by atoms with Gasteiger partial charge in [0.15, 0.2) is 11.5 Å². The molecule has 0 saturated heterocycles. The zero-order chi connectivity index (χ0) is 31.5. The number of ether oxygens (including phenoxy) is 5. The molecule has 8 nitrogen and oxygen atoms in total. The summed E-state index contributed by atoms with van der Waals surface area (Å²) in [4.78, 5) is 11.9. The summed E-state index contributed by atoms with van der Waals surface area (Å²) in [5.74, 6) is 2.72. The Bertz CT molecular complexity index is 1570. The molecule has 0 aliphatic carbocycles. The maximum atomic E-state index is 14.2. The molecule has 5 rings (SSSR count). The molecule has 0 N–H and O–H groups in total. The highest BCUT2D eigenvalue weighted by Gasteiger charge is 2.34. The average molecular weight is 645 g/mol. The molecule has 234 valence electrons. The third-order valence-electron chi connectivity index (χ3n) is 7.78. The molecular formula is C33H36Cl2FN3O5. The standard InChI is InChI=1S/C33H36Cl2FN3O5/c1-18(2)29-33(43-6)37-25(32(38-29)42-5)14-20-8-9-22(28-23(34)15-21(36)16-24(28)35)30-31(20)44-12-11-39(30)17-19-7-10-26(40-3)27(13-19)41-4/h7-10,13,15-16,18,25,29H,11-12,14,17H2,1-6H3/t25-,29+/m0/s1. The van der Waals surface area contributed by atoms with Gasteiger partial charge in [0.2, 0.25) is 11.8 Å². The highest BCUT2D eigenvalue weighted by molar-refractivity contribution is 6.39. The van der Waals surface area contributed by atoms with E-state index in [9.17, 15) is 4.39 Å². The molecule has 44 heavy (non-hydrogen) atoms. The van der Waals surface area contributed by atoms with Gasteiger partial charge in [0.25, 0.3) is 0 Å². The summed E-state index contributed by atoms with van der Waals surface area (Å²) in [6, 6.07) is 11.6. The number of methoxy groups -OCH3 is 4. The van der Waals surface area contributed by atoms with E-state index in [0.717, 1.165) is 22.4 Å². The summed E-state index contributed by atoms with van der Waals surface area (Å²) in [5.41, 5.74) is 3.94. The van der Waals surface area contributed by atoms with Crippen LogP contribution < -0.4 is 19.1 Å². The fourth-order valence-corrected chi connectivity index (χ4v) is 6.34. The number of benzene rings is 3. The van der Waals surface area contributed by atoms with Crippen molar-refractivity contribution < 1.29 is 28.1 Å². The van der Waals surface area contributed by atoms with Crippen molar-refractivity contribution in [1.29, 1.82) is 0 Å². The van der Waals surface area contributed by atoms with Crippen molar-refractivity contribution in [3.63, 3.8) is 0 Å². The monoisotopic (exact) mass is 643 g/mol. The Morgan fingerprint density at radius 2 is 1.61 bits per heavy atom. The van der Waals surface area contributed by atoms with E-state index in [1.165, 1.54) is 12.1 Å². The van der Waals surface area contributed by atoms with Crippen LogP contribution in [-0.4, -0.2) is 65.5 Å². The lowest BCUT2D eigenvalue weighted by atomic mass is 9.94. The lowest BCUT2D eigenvalue weighted by Crippen LogP contribution is -2.38. The number of aliphatic imine (C=N–C) groups is 2. The van der Waals surface area contributed by atoms with Gasteiger partial charge in [0, 0.05) is 24.1 Å². The van der Waals surface area contributed by atoms with Crippen LogP contribution in [0.5, 0.6) is 17.2 Å². The number of fused-ring (bicyclic) bond motifs is 1.